The summed E-state index contributed by atoms with van der Waals surface area (Å²) in [6, 6.07) is 56.9. The van der Waals surface area contributed by atoms with E-state index in [9.17, 15) is 79.2 Å². The third kappa shape index (κ3) is 22.9. The molecule has 12 aromatic rings. The van der Waals surface area contributed by atoms with Gasteiger partial charge in [-0.3, -0.25) is 14.4 Å². The molecule has 3 amide bonds. The van der Waals surface area contributed by atoms with Crippen LogP contribution in [0.15, 0.2) is 234 Å². The summed E-state index contributed by atoms with van der Waals surface area (Å²) < 4.78 is 229. The summed E-state index contributed by atoms with van der Waals surface area (Å²) >= 11 is 0. The van der Waals surface area contributed by atoms with Gasteiger partial charge in [0.1, 0.15) is 34.9 Å². The maximum absolute atomic E-state index is 13.8. The van der Waals surface area contributed by atoms with Gasteiger partial charge in [0.05, 0.1) is 70.9 Å². The molecule has 3 aromatic carbocycles. The quantitative estimate of drug-likeness (QED) is 0.0435. The number of amides is 3. The summed E-state index contributed by atoms with van der Waals surface area (Å²) in [5.74, 6) is 1.47. The predicted molar refractivity (Wildman–Crippen MR) is 539 cm³/mol. The van der Waals surface area contributed by atoms with Crippen molar-refractivity contribution in [1.29, 1.82) is 0 Å². The van der Waals surface area contributed by atoms with Crippen LogP contribution in [0.5, 0.6) is 17.6 Å². The Morgan fingerprint density at radius 2 is 0.587 bits per heavy atom. The van der Waals surface area contributed by atoms with Gasteiger partial charge in [0.15, 0.2) is 32.5 Å². The molecule has 6 unspecified atom stereocenters. The van der Waals surface area contributed by atoms with E-state index in [0.29, 0.717) is 54.5 Å². The Kier molecular flexibility index (Phi) is 28.4. The van der Waals surface area contributed by atoms with Crippen LogP contribution in [0.25, 0.3) is 17.5 Å². The van der Waals surface area contributed by atoms with Crippen molar-refractivity contribution in [1.82, 2.24) is 73.4 Å². The first-order valence-corrected chi connectivity index (χ1v) is 54.3. The van der Waals surface area contributed by atoms with Gasteiger partial charge < -0.3 is 44.9 Å². The highest BCUT2D eigenvalue weighted by Gasteiger charge is 2.65. The fourth-order valence-corrected chi connectivity index (χ4v) is 24.0. The van der Waals surface area contributed by atoms with Gasteiger partial charge in [-0.1, -0.05) is 109 Å². The van der Waals surface area contributed by atoms with Crippen molar-refractivity contribution in [2.45, 2.75) is 225 Å². The molecule has 45 heteroatoms. The van der Waals surface area contributed by atoms with E-state index >= 15 is 0 Å². The third-order valence-electron chi connectivity index (χ3n) is 30.1. The topological polar surface area (TPSA) is 394 Å². The highest BCUT2D eigenvalue weighted by Crippen LogP contribution is 2.62. The first-order valence-electron chi connectivity index (χ1n) is 49.9. The summed E-state index contributed by atoms with van der Waals surface area (Å²) in [4.78, 5) is 75.1. The van der Waals surface area contributed by atoms with Crippen LogP contribution in [0.2, 0.25) is 0 Å². The van der Waals surface area contributed by atoms with Crippen LogP contribution in [0.1, 0.15) is 223 Å². The summed E-state index contributed by atoms with van der Waals surface area (Å²) in [7, 11) is -13.1. The van der Waals surface area contributed by atoms with Gasteiger partial charge in [0, 0.05) is 73.0 Å². The number of carbonyl (C=O) groups is 3. The molecule has 150 heavy (non-hydrogen) atoms. The highest BCUT2D eigenvalue weighted by atomic mass is 32.2. The van der Waals surface area contributed by atoms with E-state index in [4.69, 9.17) is 29.2 Å². The molecule has 21 rings (SSSR count). The van der Waals surface area contributed by atoms with Gasteiger partial charge in [-0.2, -0.15) is 64.8 Å². The number of anilines is 6. The van der Waals surface area contributed by atoms with Crippen molar-refractivity contribution >= 4 is 82.7 Å². The van der Waals surface area contributed by atoms with Crippen LogP contribution < -0.4 is 59.0 Å². The van der Waals surface area contributed by atoms with Crippen LogP contribution in [-0.4, -0.2) is 177 Å². The summed E-state index contributed by atoms with van der Waals surface area (Å²) in [6.07, 6.45) is -0.764. The standard InChI is InChI=1S/3C35H38F3N7O4S/c3*1-33(2)21-23-11-13-26(24-7-4-3-5-8-24)39-27-9-6-10-30(40-27)50(47,48)43-32(46)25-12-14-28(41-31(25)44(33)22-23)45-19-15-29(42-45)49-20-18-34(16-17-34)35(36,37)38/h3*3-10,12,14-15,19,23,26H,11,13,16-18,20-22H2,1-2H3,(H,39,40)(H,43,46). The number of carbonyl (C=O) groups excluding carboxylic acids is 3. The second-order valence-corrected chi connectivity index (χ2v) is 46.9. The number of halogens is 9. The predicted octanol–water partition coefficient (Wildman–Crippen LogP) is 19.3. The summed E-state index contributed by atoms with van der Waals surface area (Å²) in [5, 5.41) is 22.5. The number of hydrogen-bond acceptors (Lipinski definition) is 27. The smallest absolute Gasteiger partial charge is 0.394 e. The molecule has 3 saturated heterocycles. The SMILES string of the molecule is CC1(C)CC2CCC(c3ccccc3)Nc3cccc(n3)S(=O)(=O)NC(=O)c3ccc(-n4ccc(OCCC5(C(F)(F)F)CC5)n4)nc3N1C2.CC1(C)CC2CCC(c3ccccc3)Nc3cccc(n3)S(=O)(=O)NC(=O)c3ccc(-n4ccc(OCCC5(C(F)(F)F)CC5)n4)nc3N1C2.CC1(C)CC2CCC(c3ccccc3)Nc3cccc(n3)S(=O)(=O)NC(=O)c3ccc(-n4ccc(OCCC5(C(F)(F)F)CC5)n4)nc3N1C2. The van der Waals surface area contributed by atoms with E-state index in [1.165, 1.54) is 86.8 Å². The van der Waals surface area contributed by atoms with E-state index in [0.717, 1.165) is 74.5 Å². The minimum absolute atomic E-state index is 0.0582. The van der Waals surface area contributed by atoms with Crippen LogP contribution in [-0.2, 0) is 30.1 Å². The molecule has 6 aliphatic heterocycles. The monoisotopic (exact) mass is 2130 g/mol. The average molecular weight is 2130 g/mol. The molecule has 15 heterocycles. The fourth-order valence-electron chi connectivity index (χ4n) is 21.2. The minimum Gasteiger partial charge on any atom is -0.477 e. The average Bonchev–Trinajstić information content (AvgIpc) is 1.61. The van der Waals surface area contributed by atoms with Gasteiger partial charge in [0.25, 0.3) is 47.8 Å². The molecule has 3 aliphatic carbocycles. The zero-order valence-electron chi connectivity index (χ0n) is 83.0. The molecule has 33 nitrogen and oxygen atoms in total. The Bertz CT molecular complexity index is 6680. The molecular formula is C105H114F9N21O12S3. The molecule has 9 aliphatic rings. The number of rotatable bonds is 18. The molecule has 6 fully saturated rings. The zero-order valence-corrected chi connectivity index (χ0v) is 85.4. The Balaban J connectivity index is 0.000000141. The first-order chi connectivity index (χ1) is 71.2. The number of sulfonamides is 3. The van der Waals surface area contributed by atoms with E-state index < -0.39 is 99.2 Å². The largest absolute Gasteiger partial charge is 0.477 e. The Morgan fingerprint density at radius 3 is 0.833 bits per heavy atom. The second-order valence-electron chi connectivity index (χ2n) is 42.0. The molecule has 0 spiro atoms. The van der Waals surface area contributed by atoms with Crippen molar-refractivity contribution in [2.24, 2.45) is 34.0 Å². The zero-order chi connectivity index (χ0) is 106. The number of alkyl halides is 9. The van der Waals surface area contributed by atoms with Crippen molar-refractivity contribution in [3.63, 3.8) is 0 Å². The minimum atomic E-state index is -4.38. The second kappa shape index (κ2) is 40.7. The number of fused-ring (bicyclic) bond motifs is 18. The molecule has 3 saturated carbocycles. The van der Waals surface area contributed by atoms with Crippen molar-refractivity contribution in [3.8, 4) is 35.1 Å². The molecule has 792 valence electrons. The lowest BCUT2D eigenvalue weighted by Gasteiger charge is -2.34. The number of hydrogen-bond donors (Lipinski definition) is 6. The van der Waals surface area contributed by atoms with Gasteiger partial charge in [0.2, 0.25) is 17.6 Å². The van der Waals surface area contributed by atoms with Gasteiger partial charge in [-0.05, 0) is 264 Å². The molecule has 12 bridgehead atoms. The molecule has 6 N–H and O–H groups in total. The normalized spacial score (nSPS) is 22.3. The van der Waals surface area contributed by atoms with Crippen LogP contribution in [0.4, 0.5) is 74.4 Å². The van der Waals surface area contributed by atoms with Crippen LogP contribution in [0, 0.1) is 34.0 Å². The Labute approximate surface area is 861 Å². The lowest BCUT2D eigenvalue weighted by molar-refractivity contribution is -0.190. The first kappa shape index (κ1) is 105. The van der Waals surface area contributed by atoms with E-state index in [2.05, 4.69) is 102 Å². The Morgan fingerprint density at radius 1 is 0.327 bits per heavy atom. The van der Waals surface area contributed by atoms with Crippen LogP contribution in [0.3, 0.4) is 0 Å². The van der Waals surface area contributed by atoms with E-state index in [-0.39, 0.29) is 180 Å². The lowest BCUT2D eigenvalue weighted by Crippen LogP contribution is -2.41. The highest BCUT2D eigenvalue weighted by molar-refractivity contribution is 7.90. The number of nitrogens with one attached hydrogen (secondary N) is 6. The molecular weight excluding hydrogens is 2010 g/mol. The lowest BCUT2D eigenvalue weighted by atomic mass is 9.90. The maximum Gasteiger partial charge on any atom is 0.394 e. The van der Waals surface area contributed by atoms with Gasteiger partial charge in [-0.15, -0.1) is 15.3 Å². The molecule has 0 radical (unpaired) electrons. The number of aromatic nitrogens is 12. The summed E-state index contributed by atoms with van der Waals surface area (Å²) in [5.41, 5.74) is -3.06. The maximum atomic E-state index is 13.8. The number of nitrogens with zero attached hydrogens (tertiary/aromatic N) is 15. The molecule has 6 atom stereocenters. The summed E-state index contributed by atoms with van der Waals surface area (Å²) in [6.45, 7) is 13.7. The van der Waals surface area contributed by atoms with E-state index in [1.807, 2.05) is 106 Å². The van der Waals surface area contributed by atoms with Crippen molar-refractivity contribution < 1.29 is 93.4 Å². The van der Waals surface area contributed by atoms with Crippen molar-refractivity contribution in [2.75, 3.05) is 70.1 Å². The van der Waals surface area contributed by atoms with E-state index in [1.54, 1.807) is 55.0 Å². The number of ether oxygens (including phenoxy) is 3. The van der Waals surface area contributed by atoms with Crippen molar-refractivity contribution in [3.05, 3.63) is 252 Å². The number of pyridine rings is 6. The third-order valence-corrected chi connectivity index (χ3v) is 33.8. The van der Waals surface area contributed by atoms with Crippen LogP contribution >= 0.6 is 0 Å². The van der Waals surface area contributed by atoms with Gasteiger partial charge >= 0.3 is 18.5 Å². The fraction of sp³-hybridized carbons (Fsp3) is 0.429. The Hall–Kier alpha value is -14.0. The van der Waals surface area contributed by atoms with Gasteiger partial charge in [-0.25, -0.2) is 58.1 Å². The number of benzene rings is 3. The molecule has 9 aromatic heterocycles.